The van der Waals surface area contributed by atoms with Crippen LogP contribution < -0.4 is 22.1 Å². The largest absolute Gasteiger partial charge is 0.396 e. The molecule has 0 unspecified atom stereocenters. The first-order valence-corrected chi connectivity index (χ1v) is 7.65. The van der Waals surface area contributed by atoms with Gasteiger partial charge < -0.3 is 27.0 Å². The fraction of sp³-hybridized carbons (Fsp3) is 0.400. The summed E-state index contributed by atoms with van der Waals surface area (Å²) >= 11 is 0. The van der Waals surface area contributed by atoms with E-state index < -0.39 is 0 Å². The molecule has 3 rings (SSSR count). The summed E-state index contributed by atoms with van der Waals surface area (Å²) in [4.78, 5) is 14.8. The van der Waals surface area contributed by atoms with E-state index in [1.165, 1.54) is 6.20 Å². The van der Waals surface area contributed by atoms with E-state index >= 15 is 0 Å². The first-order valence-electron chi connectivity index (χ1n) is 7.65. The quantitative estimate of drug-likeness (QED) is 0.666. The van der Waals surface area contributed by atoms with Crippen molar-refractivity contribution in [1.82, 2.24) is 19.9 Å². The van der Waals surface area contributed by atoms with Crippen LogP contribution in [0.3, 0.4) is 0 Å². The number of hydrogen-bond donors (Lipinski definition) is 4. The number of likely N-dealkylation sites (tertiary alicyclic amines) is 1. The van der Waals surface area contributed by atoms with Gasteiger partial charge in [-0.05, 0) is 33.0 Å². The van der Waals surface area contributed by atoms with Gasteiger partial charge >= 0.3 is 0 Å². The average Bonchev–Trinajstić information content (AvgIpc) is 2.55. The molecule has 8 heteroatoms. The van der Waals surface area contributed by atoms with Gasteiger partial charge in [0.1, 0.15) is 17.5 Å². The molecular formula is C15H22N8. The van der Waals surface area contributed by atoms with Gasteiger partial charge in [0, 0.05) is 12.1 Å². The number of nitrogens with one attached hydrogen (secondary N) is 2. The van der Waals surface area contributed by atoms with Gasteiger partial charge in [-0.15, -0.1) is 0 Å². The maximum Gasteiger partial charge on any atom is 0.150 e. The van der Waals surface area contributed by atoms with Crippen LogP contribution in [-0.2, 0) is 0 Å². The summed E-state index contributed by atoms with van der Waals surface area (Å²) in [6, 6.07) is 2.33. The van der Waals surface area contributed by atoms with Crippen LogP contribution in [0.4, 0.5) is 28.8 Å². The zero-order valence-corrected chi connectivity index (χ0v) is 13.2. The number of hydrogen-bond acceptors (Lipinski definition) is 8. The van der Waals surface area contributed by atoms with Gasteiger partial charge in [0.2, 0.25) is 0 Å². The molecule has 6 N–H and O–H groups in total. The van der Waals surface area contributed by atoms with Crippen LogP contribution in [0.5, 0.6) is 0 Å². The van der Waals surface area contributed by atoms with Crippen LogP contribution in [0.15, 0.2) is 24.7 Å². The van der Waals surface area contributed by atoms with E-state index in [0.29, 0.717) is 29.2 Å². The van der Waals surface area contributed by atoms with Crippen LogP contribution in [0.25, 0.3) is 0 Å². The zero-order valence-electron chi connectivity index (χ0n) is 13.2. The lowest BCUT2D eigenvalue weighted by Crippen LogP contribution is -2.36. The van der Waals surface area contributed by atoms with E-state index in [4.69, 9.17) is 11.5 Å². The zero-order chi connectivity index (χ0) is 16.2. The predicted molar refractivity (Wildman–Crippen MR) is 92.5 cm³/mol. The van der Waals surface area contributed by atoms with Crippen molar-refractivity contribution in [3.05, 3.63) is 24.7 Å². The molecule has 0 atom stereocenters. The summed E-state index contributed by atoms with van der Waals surface area (Å²) in [6.07, 6.45) is 6.91. The molecule has 2 aromatic rings. The van der Waals surface area contributed by atoms with Crippen LogP contribution in [0, 0.1) is 0 Å². The second kappa shape index (κ2) is 6.66. The summed E-state index contributed by atoms with van der Waals surface area (Å²) in [7, 11) is 2.15. The molecule has 1 fully saturated rings. The third kappa shape index (κ3) is 3.98. The molecule has 0 amide bonds. The summed E-state index contributed by atoms with van der Waals surface area (Å²) in [5.41, 5.74) is 13.1. The lowest BCUT2D eigenvalue weighted by molar-refractivity contribution is 0.264. The Hall–Kier alpha value is -2.61. The normalized spacial score (nSPS) is 16.2. The molecule has 2 aromatic heterocycles. The lowest BCUT2D eigenvalue weighted by Gasteiger charge is -2.30. The Morgan fingerprint density at radius 2 is 1.78 bits per heavy atom. The molecule has 1 saturated heterocycles. The van der Waals surface area contributed by atoms with Crippen LogP contribution >= 0.6 is 0 Å². The first-order chi connectivity index (χ1) is 11.1. The van der Waals surface area contributed by atoms with E-state index in [1.54, 1.807) is 12.4 Å². The van der Waals surface area contributed by atoms with Crippen molar-refractivity contribution in [3.63, 3.8) is 0 Å². The Balaban J connectivity index is 1.70. The second-order valence-electron chi connectivity index (χ2n) is 5.83. The van der Waals surface area contributed by atoms with E-state index in [-0.39, 0.29) is 0 Å². The minimum Gasteiger partial charge on any atom is -0.396 e. The molecule has 1 aliphatic heterocycles. The Bertz CT molecular complexity index is 649. The van der Waals surface area contributed by atoms with E-state index in [0.717, 1.165) is 31.6 Å². The highest BCUT2D eigenvalue weighted by Gasteiger charge is 2.17. The molecule has 0 aromatic carbocycles. The minimum absolute atomic E-state index is 0.380. The standard InChI is InChI=1S/C15H22N8/c1-23-4-2-10(3-5-23)21-12-6-14(19-7-11(12)16)22-15-9-18-13(17)8-20-15/h6-10H,2-5,16H2,1H3,(H2,17,18)(H2,19,20,21,22). The topological polar surface area (TPSA) is 118 Å². The van der Waals surface area contributed by atoms with Gasteiger partial charge in [0.25, 0.3) is 0 Å². The first kappa shape index (κ1) is 15.3. The Labute approximate surface area is 135 Å². The number of nitrogens with two attached hydrogens (primary N) is 2. The SMILES string of the molecule is CN1CCC(Nc2cc(Nc3cnc(N)cn3)ncc2N)CC1. The van der Waals surface area contributed by atoms with Gasteiger partial charge in [-0.25, -0.2) is 15.0 Å². The highest BCUT2D eigenvalue weighted by molar-refractivity contribution is 5.70. The minimum atomic E-state index is 0.380. The van der Waals surface area contributed by atoms with Crippen LogP contribution in [0.1, 0.15) is 12.8 Å². The van der Waals surface area contributed by atoms with Crippen molar-refractivity contribution >= 4 is 28.8 Å². The van der Waals surface area contributed by atoms with Crippen molar-refractivity contribution < 1.29 is 0 Å². The van der Waals surface area contributed by atoms with Crippen LogP contribution in [-0.4, -0.2) is 46.0 Å². The molecule has 0 bridgehead atoms. The lowest BCUT2D eigenvalue weighted by atomic mass is 10.1. The number of nitrogens with zero attached hydrogens (tertiary/aromatic N) is 4. The second-order valence-corrected chi connectivity index (χ2v) is 5.83. The van der Waals surface area contributed by atoms with E-state index in [9.17, 15) is 0 Å². The van der Waals surface area contributed by atoms with Gasteiger partial charge in [0.15, 0.2) is 0 Å². The smallest absolute Gasteiger partial charge is 0.150 e. The summed E-state index contributed by atoms with van der Waals surface area (Å²) in [5, 5.41) is 6.62. The molecular weight excluding hydrogens is 292 g/mol. The van der Waals surface area contributed by atoms with Crippen molar-refractivity contribution in [2.75, 3.05) is 42.2 Å². The number of rotatable bonds is 4. The molecule has 0 saturated carbocycles. The number of piperidine rings is 1. The Morgan fingerprint density at radius 3 is 2.48 bits per heavy atom. The molecule has 8 nitrogen and oxygen atoms in total. The van der Waals surface area contributed by atoms with Crippen molar-refractivity contribution in [2.24, 2.45) is 0 Å². The molecule has 0 spiro atoms. The summed E-state index contributed by atoms with van der Waals surface area (Å²) in [6.45, 7) is 2.18. The number of nitrogen functional groups attached to an aromatic ring is 2. The fourth-order valence-corrected chi connectivity index (χ4v) is 2.57. The molecule has 23 heavy (non-hydrogen) atoms. The molecule has 0 aliphatic carbocycles. The summed E-state index contributed by atoms with van der Waals surface area (Å²) in [5.74, 6) is 1.63. The van der Waals surface area contributed by atoms with Crippen molar-refractivity contribution in [1.29, 1.82) is 0 Å². The number of anilines is 5. The maximum absolute atomic E-state index is 6.04. The molecule has 122 valence electrons. The van der Waals surface area contributed by atoms with Gasteiger partial charge in [0.05, 0.1) is 30.0 Å². The van der Waals surface area contributed by atoms with E-state index in [2.05, 4.69) is 37.5 Å². The third-order valence-corrected chi connectivity index (χ3v) is 3.94. The van der Waals surface area contributed by atoms with Crippen molar-refractivity contribution in [3.8, 4) is 0 Å². The van der Waals surface area contributed by atoms with Crippen LogP contribution in [0.2, 0.25) is 0 Å². The molecule has 1 aliphatic rings. The summed E-state index contributed by atoms with van der Waals surface area (Å²) < 4.78 is 0. The third-order valence-electron chi connectivity index (χ3n) is 3.94. The maximum atomic E-state index is 6.04. The highest BCUT2D eigenvalue weighted by atomic mass is 15.1. The molecule has 3 heterocycles. The highest BCUT2D eigenvalue weighted by Crippen LogP contribution is 2.25. The van der Waals surface area contributed by atoms with Gasteiger partial charge in [-0.3, -0.25) is 0 Å². The number of pyridine rings is 1. The van der Waals surface area contributed by atoms with Gasteiger partial charge in [-0.1, -0.05) is 0 Å². The average molecular weight is 314 g/mol. The van der Waals surface area contributed by atoms with E-state index in [1.807, 2.05) is 6.07 Å². The molecule has 0 radical (unpaired) electrons. The fourth-order valence-electron chi connectivity index (χ4n) is 2.57. The van der Waals surface area contributed by atoms with Gasteiger partial charge in [-0.2, -0.15) is 0 Å². The Morgan fingerprint density at radius 1 is 1.04 bits per heavy atom. The van der Waals surface area contributed by atoms with Crippen molar-refractivity contribution in [2.45, 2.75) is 18.9 Å². The predicted octanol–water partition coefficient (Wildman–Crippen LogP) is 1.29. The monoisotopic (exact) mass is 314 g/mol. The Kier molecular flexibility index (Phi) is 4.42. The number of aromatic nitrogens is 3.